The molecule has 0 bridgehead atoms. The largest absolute Gasteiger partial charge is 0.507 e. The molecule has 1 N–H and O–H groups in total. The highest BCUT2D eigenvalue weighted by atomic mass is 16.4. The maximum absolute atomic E-state index is 11.9. The molecule has 4 nitrogen and oxygen atoms in total. The fraction of sp³-hybridized carbons (Fsp3) is 0.286. The molecule has 0 atom stereocenters. The van der Waals surface area contributed by atoms with Crippen LogP contribution in [0, 0.1) is 0 Å². The summed E-state index contributed by atoms with van der Waals surface area (Å²) in [5, 5.41) is 10.4. The van der Waals surface area contributed by atoms with Gasteiger partial charge in [-0.1, -0.05) is 0 Å². The molecule has 0 amide bonds. The Labute approximate surface area is 103 Å². The van der Waals surface area contributed by atoms with E-state index in [9.17, 15) is 14.7 Å². The van der Waals surface area contributed by atoms with Crippen molar-refractivity contribution >= 4 is 17.3 Å². The van der Waals surface area contributed by atoms with Crippen LogP contribution in [0.4, 0.5) is 0 Å². The predicted octanol–water partition coefficient (Wildman–Crippen LogP) is 2.19. The van der Waals surface area contributed by atoms with Crippen molar-refractivity contribution in [3.05, 3.63) is 39.2 Å². The van der Waals surface area contributed by atoms with Crippen molar-refractivity contribution in [1.82, 2.24) is 0 Å². The zero-order valence-corrected chi connectivity index (χ0v) is 9.73. The normalized spacial score (nSPS) is 14.4. The Kier molecular flexibility index (Phi) is 2.44. The van der Waals surface area contributed by atoms with E-state index >= 15 is 0 Å². The fourth-order valence-electron chi connectivity index (χ4n) is 2.63. The first-order valence-electron chi connectivity index (χ1n) is 5.98. The number of aromatic hydroxyl groups is 1. The van der Waals surface area contributed by atoms with Gasteiger partial charge in [-0.3, -0.25) is 4.79 Å². The molecule has 0 aliphatic heterocycles. The Hall–Kier alpha value is -2.10. The molecule has 1 heterocycles. The van der Waals surface area contributed by atoms with Gasteiger partial charge < -0.3 is 9.52 Å². The van der Waals surface area contributed by atoms with Gasteiger partial charge in [-0.2, -0.15) is 0 Å². The van der Waals surface area contributed by atoms with Crippen LogP contribution in [-0.2, 0) is 12.8 Å². The molecule has 0 saturated heterocycles. The predicted molar refractivity (Wildman–Crippen MR) is 66.2 cm³/mol. The third kappa shape index (κ3) is 1.45. The van der Waals surface area contributed by atoms with Crippen molar-refractivity contribution in [2.75, 3.05) is 0 Å². The van der Waals surface area contributed by atoms with E-state index in [-0.39, 0.29) is 22.5 Å². The number of rotatable bonds is 1. The second kappa shape index (κ2) is 3.98. The van der Waals surface area contributed by atoms with Gasteiger partial charge in [0.15, 0.2) is 11.9 Å². The average molecular weight is 244 g/mol. The molecular weight excluding hydrogens is 232 g/mol. The van der Waals surface area contributed by atoms with Crippen molar-refractivity contribution < 1.29 is 14.3 Å². The van der Waals surface area contributed by atoms with E-state index < -0.39 is 0 Å². The molecule has 0 fully saturated rings. The zero-order valence-electron chi connectivity index (χ0n) is 9.73. The number of phenolic OH excluding ortho intramolecular Hbond substituents is 1. The monoisotopic (exact) mass is 244 g/mol. The number of aryl methyl sites for hydroxylation is 1. The molecule has 0 unspecified atom stereocenters. The third-order valence-corrected chi connectivity index (χ3v) is 3.53. The molecule has 18 heavy (non-hydrogen) atoms. The second-order valence-corrected chi connectivity index (χ2v) is 4.55. The summed E-state index contributed by atoms with van der Waals surface area (Å²) in [7, 11) is 0. The lowest BCUT2D eigenvalue weighted by molar-refractivity contribution is 0.112. The Morgan fingerprint density at radius 1 is 1.17 bits per heavy atom. The fourth-order valence-corrected chi connectivity index (χ4v) is 2.63. The van der Waals surface area contributed by atoms with Crippen LogP contribution in [0.3, 0.4) is 0 Å². The zero-order chi connectivity index (χ0) is 12.7. The second-order valence-electron chi connectivity index (χ2n) is 4.55. The molecule has 0 spiro atoms. The van der Waals surface area contributed by atoms with Gasteiger partial charge in [0, 0.05) is 10.9 Å². The minimum atomic E-state index is -0.383. The number of carbonyl (C=O) groups is 1. The number of benzene rings is 1. The van der Waals surface area contributed by atoms with Gasteiger partial charge >= 0.3 is 5.63 Å². The van der Waals surface area contributed by atoms with Gasteiger partial charge in [-0.05, 0) is 43.4 Å². The highest BCUT2D eigenvalue weighted by Crippen LogP contribution is 2.31. The lowest BCUT2D eigenvalue weighted by atomic mass is 9.90. The first kappa shape index (κ1) is 11.0. The van der Waals surface area contributed by atoms with Crippen LogP contribution in [0.2, 0.25) is 0 Å². The van der Waals surface area contributed by atoms with Crippen LogP contribution in [0.5, 0.6) is 5.75 Å². The lowest BCUT2D eigenvalue weighted by Crippen LogP contribution is -2.16. The van der Waals surface area contributed by atoms with E-state index in [4.69, 9.17) is 4.42 Å². The minimum absolute atomic E-state index is 0.0537. The van der Waals surface area contributed by atoms with Crippen LogP contribution in [-0.4, -0.2) is 11.4 Å². The van der Waals surface area contributed by atoms with Crippen LogP contribution in [0.15, 0.2) is 21.3 Å². The highest BCUT2D eigenvalue weighted by Gasteiger charge is 2.20. The molecule has 2 aromatic rings. The molecule has 3 rings (SSSR count). The Balaban J connectivity index is 2.47. The lowest BCUT2D eigenvalue weighted by Gasteiger charge is -2.16. The highest BCUT2D eigenvalue weighted by molar-refractivity contribution is 5.98. The molecule has 1 aliphatic rings. The molecule has 1 aliphatic carbocycles. The van der Waals surface area contributed by atoms with Gasteiger partial charge in [0.25, 0.3) is 0 Å². The summed E-state index contributed by atoms with van der Waals surface area (Å²) in [6.45, 7) is 0. The first-order chi connectivity index (χ1) is 8.72. The van der Waals surface area contributed by atoms with Crippen LogP contribution in [0.25, 0.3) is 11.0 Å². The van der Waals surface area contributed by atoms with Crippen molar-refractivity contribution in [2.45, 2.75) is 25.7 Å². The average Bonchev–Trinajstić information content (AvgIpc) is 2.39. The maximum Gasteiger partial charge on any atom is 0.339 e. The Morgan fingerprint density at radius 2 is 1.89 bits per heavy atom. The smallest absolute Gasteiger partial charge is 0.339 e. The summed E-state index contributed by atoms with van der Waals surface area (Å²) in [6.07, 6.45) is 4.09. The third-order valence-electron chi connectivity index (χ3n) is 3.53. The topological polar surface area (TPSA) is 67.5 Å². The molecule has 92 valence electrons. The SMILES string of the molecule is O=Cc1c(O)ccc2c3c(c(=O)oc12)CCCC3. The molecular formula is C14H12O4. The van der Waals surface area contributed by atoms with Crippen molar-refractivity contribution in [3.8, 4) is 5.75 Å². The van der Waals surface area contributed by atoms with E-state index in [1.165, 1.54) is 6.07 Å². The number of fused-ring (bicyclic) bond motifs is 3. The molecule has 1 aromatic heterocycles. The first-order valence-corrected chi connectivity index (χ1v) is 5.98. The summed E-state index contributed by atoms with van der Waals surface area (Å²) >= 11 is 0. The van der Waals surface area contributed by atoms with E-state index in [0.29, 0.717) is 6.29 Å². The van der Waals surface area contributed by atoms with Gasteiger partial charge in [0.05, 0.1) is 5.56 Å². The van der Waals surface area contributed by atoms with Crippen LogP contribution < -0.4 is 5.63 Å². The summed E-state index contributed by atoms with van der Waals surface area (Å²) < 4.78 is 5.22. The van der Waals surface area contributed by atoms with E-state index in [2.05, 4.69) is 0 Å². The van der Waals surface area contributed by atoms with Gasteiger partial charge in [-0.25, -0.2) is 4.79 Å². The van der Waals surface area contributed by atoms with Crippen molar-refractivity contribution in [2.24, 2.45) is 0 Å². The quantitative estimate of drug-likeness (QED) is 0.616. The summed E-state index contributed by atoms with van der Waals surface area (Å²) in [5.74, 6) is -0.156. The number of hydrogen-bond donors (Lipinski definition) is 1. The number of aldehydes is 1. The van der Waals surface area contributed by atoms with E-state index in [1.54, 1.807) is 6.07 Å². The molecule has 0 radical (unpaired) electrons. The number of carbonyl (C=O) groups excluding carboxylic acids is 1. The Bertz CT molecular complexity index is 697. The Morgan fingerprint density at radius 3 is 2.61 bits per heavy atom. The van der Waals surface area contributed by atoms with Crippen molar-refractivity contribution in [1.29, 1.82) is 0 Å². The number of hydrogen-bond acceptors (Lipinski definition) is 4. The van der Waals surface area contributed by atoms with E-state index in [1.807, 2.05) is 0 Å². The van der Waals surface area contributed by atoms with Crippen LogP contribution >= 0.6 is 0 Å². The van der Waals surface area contributed by atoms with Gasteiger partial charge in [-0.15, -0.1) is 0 Å². The van der Waals surface area contributed by atoms with Crippen LogP contribution in [0.1, 0.15) is 34.3 Å². The van der Waals surface area contributed by atoms with Crippen molar-refractivity contribution in [3.63, 3.8) is 0 Å². The van der Waals surface area contributed by atoms with Gasteiger partial charge in [0.2, 0.25) is 0 Å². The molecule has 0 saturated carbocycles. The summed E-state index contributed by atoms with van der Waals surface area (Å²) in [4.78, 5) is 22.9. The molecule has 1 aromatic carbocycles. The maximum atomic E-state index is 11.9. The van der Waals surface area contributed by atoms with E-state index in [0.717, 1.165) is 42.2 Å². The summed E-state index contributed by atoms with van der Waals surface area (Å²) in [5.41, 5.74) is 1.56. The minimum Gasteiger partial charge on any atom is -0.507 e. The number of phenols is 1. The molecule has 4 heteroatoms. The standard InChI is InChI=1S/C14H12O4/c15-7-11-12(16)6-5-9-8-3-1-2-4-10(8)14(17)18-13(9)11/h5-7,16H,1-4H2. The summed E-state index contributed by atoms with van der Waals surface area (Å²) in [6, 6.07) is 3.19. The van der Waals surface area contributed by atoms with Gasteiger partial charge in [0.1, 0.15) is 5.75 Å².